The second kappa shape index (κ2) is 8.73. The largest absolute Gasteiger partial charge is 0.355 e. The zero-order valence-corrected chi connectivity index (χ0v) is 13.8. The first-order valence-corrected chi connectivity index (χ1v) is 7.62. The Morgan fingerprint density at radius 2 is 2.05 bits per heavy atom. The van der Waals surface area contributed by atoms with E-state index in [9.17, 15) is 4.79 Å². The summed E-state index contributed by atoms with van der Waals surface area (Å²) in [5.74, 6) is 1.26. The number of hydrogen-bond donors (Lipinski definition) is 2. The Labute approximate surface area is 128 Å². The van der Waals surface area contributed by atoms with Crippen LogP contribution in [0.5, 0.6) is 0 Å². The van der Waals surface area contributed by atoms with Crippen LogP contribution < -0.4 is 15.5 Å². The van der Waals surface area contributed by atoms with Crippen molar-refractivity contribution in [3.63, 3.8) is 0 Å². The molecule has 0 saturated heterocycles. The van der Waals surface area contributed by atoms with Crippen molar-refractivity contribution in [1.82, 2.24) is 15.3 Å². The molecule has 0 spiro atoms. The number of hydrogen-bond acceptors (Lipinski definition) is 5. The van der Waals surface area contributed by atoms with Gasteiger partial charge in [-0.05, 0) is 28.8 Å². The van der Waals surface area contributed by atoms with Crippen molar-refractivity contribution in [3.8, 4) is 0 Å². The topological polar surface area (TPSA) is 70.2 Å². The zero-order chi connectivity index (χ0) is 15.0. The van der Waals surface area contributed by atoms with Crippen LogP contribution in [0.25, 0.3) is 0 Å². The van der Waals surface area contributed by atoms with E-state index >= 15 is 0 Å². The minimum atomic E-state index is -0.0112. The Morgan fingerprint density at radius 1 is 1.35 bits per heavy atom. The van der Waals surface area contributed by atoms with Crippen LogP contribution in [0.4, 0.5) is 11.8 Å². The number of halogens is 1. The number of aromatic nitrogens is 2. The van der Waals surface area contributed by atoms with Crippen molar-refractivity contribution in [2.45, 2.75) is 26.7 Å². The van der Waals surface area contributed by atoms with Crippen LogP contribution in [0.1, 0.15) is 26.7 Å². The molecule has 0 radical (unpaired) electrons. The summed E-state index contributed by atoms with van der Waals surface area (Å²) in [6.07, 6.45) is 3.63. The quantitative estimate of drug-likeness (QED) is 0.755. The van der Waals surface area contributed by atoms with Gasteiger partial charge in [-0.25, -0.2) is 4.98 Å². The van der Waals surface area contributed by atoms with Crippen LogP contribution in [0.2, 0.25) is 0 Å². The van der Waals surface area contributed by atoms with Gasteiger partial charge in [0.15, 0.2) is 0 Å². The number of nitrogens with zero attached hydrogens (tertiary/aromatic N) is 3. The molecule has 0 atom stereocenters. The summed E-state index contributed by atoms with van der Waals surface area (Å²) in [6, 6.07) is 0. The number of nitrogens with one attached hydrogen (secondary N) is 2. The summed E-state index contributed by atoms with van der Waals surface area (Å²) < 4.78 is 0.769. The molecule has 1 rings (SSSR count). The third-order valence-electron chi connectivity index (χ3n) is 2.57. The van der Waals surface area contributed by atoms with Gasteiger partial charge in [0, 0.05) is 26.3 Å². The van der Waals surface area contributed by atoms with Gasteiger partial charge in [0.1, 0.15) is 5.82 Å². The van der Waals surface area contributed by atoms with Gasteiger partial charge in [0.2, 0.25) is 11.9 Å². The van der Waals surface area contributed by atoms with Gasteiger partial charge >= 0.3 is 0 Å². The van der Waals surface area contributed by atoms with E-state index < -0.39 is 0 Å². The van der Waals surface area contributed by atoms with Gasteiger partial charge < -0.3 is 15.5 Å². The van der Waals surface area contributed by atoms with E-state index in [1.54, 1.807) is 11.1 Å². The molecule has 1 heterocycles. The Kier molecular flexibility index (Phi) is 7.28. The van der Waals surface area contributed by atoms with E-state index in [4.69, 9.17) is 0 Å². The molecular weight excluding hydrogens is 322 g/mol. The minimum Gasteiger partial charge on any atom is -0.355 e. The van der Waals surface area contributed by atoms with Crippen LogP contribution in [0.15, 0.2) is 10.7 Å². The molecule has 0 saturated carbocycles. The van der Waals surface area contributed by atoms with Gasteiger partial charge in [-0.1, -0.05) is 13.8 Å². The minimum absolute atomic E-state index is 0.0112. The van der Waals surface area contributed by atoms with Crippen LogP contribution >= 0.6 is 15.9 Å². The first kappa shape index (κ1) is 16.7. The summed E-state index contributed by atoms with van der Waals surface area (Å²) in [6.45, 7) is 5.89. The molecule has 1 aromatic heterocycles. The summed E-state index contributed by atoms with van der Waals surface area (Å²) in [4.78, 5) is 22.1. The Balaban J connectivity index is 2.70. The first-order valence-electron chi connectivity index (χ1n) is 6.82. The molecule has 2 N–H and O–H groups in total. The smallest absolute Gasteiger partial charge is 0.239 e. The lowest BCUT2D eigenvalue weighted by Crippen LogP contribution is -2.36. The monoisotopic (exact) mass is 343 g/mol. The maximum absolute atomic E-state index is 11.7. The maximum Gasteiger partial charge on any atom is 0.239 e. The molecule has 0 aliphatic heterocycles. The predicted octanol–water partition coefficient (Wildman–Crippen LogP) is 2.02. The lowest BCUT2D eigenvalue weighted by molar-refractivity contribution is -0.119. The number of rotatable bonds is 8. The molecule has 0 bridgehead atoms. The highest BCUT2D eigenvalue weighted by molar-refractivity contribution is 9.10. The number of amides is 1. The lowest BCUT2D eigenvalue weighted by atomic mass is 10.4. The molecule has 0 unspecified atom stereocenters. The van der Waals surface area contributed by atoms with Crippen LogP contribution in [0, 0.1) is 0 Å². The van der Waals surface area contributed by atoms with Crippen molar-refractivity contribution in [2.75, 3.05) is 36.9 Å². The predicted molar refractivity (Wildman–Crippen MR) is 85.1 cm³/mol. The molecule has 0 fully saturated rings. The highest BCUT2D eigenvalue weighted by Crippen LogP contribution is 2.23. The summed E-state index contributed by atoms with van der Waals surface area (Å²) >= 11 is 3.42. The number of anilines is 2. The van der Waals surface area contributed by atoms with Gasteiger partial charge in [0.05, 0.1) is 11.0 Å². The van der Waals surface area contributed by atoms with E-state index in [0.717, 1.165) is 23.9 Å². The second-order valence-corrected chi connectivity index (χ2v) is 5.35. The highest BCUT2D eigenvalue weighted by atomic mass is 79.9. The van der Waals surface area contributed by atoms with Crippen LogP contribution in [-0.4, -0.2) is 42.6 Å². The third-order valence-corrected chi connectivity index (χ3v) is 3.13. The van der Waals surface area contributed by atoms with E-state index in [1.165, 1.54) is 0 Å². The number of carbonyl (C=O) groups excluding carboxylic acids is 1. The summed E-state index contributed by atoms with van der Waals surface area (Å²) in [5.41, 5.74) is 0. The number of likely N-dealkylation sites (N-methyl/N-ethyl adjacent to an activating group) is 1. The first-order chi connectivity index (χ1) is 9.58. The summed E-state index contributed by atoms with van der Waals surface area (Å²) in [7, 11) is 1.84. The van der Waals surface area contributed by atoms with Gasteiger partial charge in [0.25, 0.3) is 0 Å². The van der Waals surface area contributed by atoms with Crippen LogP contribution in [0.3, 0.4) is 0 Å². The Morgan fingerprint density at radius 3 is 2.70 bits per heavy atom. The Bertz CT molecular complexity index is 441. The van der Waals surface area contributed by atoms with Crippen molar-refractivity contribution in [1.29, 1.82) is 0 Å². The highest BCUT2D eigenvalue weighted by Gasteiger charge is 2.12. The normalized spacial score (nSPS) is 10.2. The molecule has 20 heavy (non-hydrogen) atoms. The lowest BCUT2D eigenvalue weighted by Gasteiger charge is -2.19. The maximum atomic E-state index is 11.7. The second-order valence-electron chi connectivity index (χ2n) is 4.50. The fourth-order valence-corrected chi connectivity index (χ4v) is 2.05. The standard InChI is InChI=1S/C13H22BrN5O/c1-4-6-15-11(20)9-19(3)12-10(14)8-17-13(18-12)16-7-5-2/h8H,4-7,9H2,1-3H3,(H,15,20)(H,16,17,18). The molecule has 1 amide bonds. The summed E-state index contributed by atoms with van der Waals surface area (Å²) in [5, 5.41) is 5.98. The van der Waals surface area contributed by atoms with Gasteiger partial charge in [-0.15, -0.1) is 0 Å². The average Bonchev–Trinajstić information content (AvgIpc) is 2.44. The fraction of sp³-hybridized carbons (Fsp3) is 0.615. The average molecular weight is 344 g/mol. The molecule has 112 valence electrons. The molecule has 7 heteroatoms. The zero-order valence-electron chi connectivity index (χ0n) is 12.2. The van der Waals surface area contributed by atoms with E-state index in [1.807, 2.05) is 14.0 Å². The van der Waals surface area contributed by atoms with Crippen molar-refractivity contribution >= 4 is 33.6 Å². The van der Waals surface area contributed by atoms with Crippen LogP contribution in [-0.2, 0) is 4.79 Å². The third kappa shape index (κ3) is 5.32. The molecule has 0 aliphatic rings. The number of carbonyl (C=O) groups is 1. The molecule has 1 aromatic rings. The van der Waals surface area contributed by atoms with E-state index in [-0.39, 0.29) is 12.5 Å². The van der Waals surface area contributed by atoms with Crippen molar-refractivity contribution in [3.05, 3.63) is 10.7 Å². The van der Waals surface area contributed by atoms with E-state index in [0.29, 0.717) is 18.3 Å². The molecule has 0 aromatic carbocycles. The molecular formula is C13H22BrN5O. The van der Waals surface area contributed by atoms with Crippen molar-refractivity contribution < 1.29 is 4.79 Å². The van der Waals surface area contributed by atoms with Crippen molar-refractivity contribution in [2.24, 2.45) is 0 Å². The van der Waals surface area contributed by atoms with E-state index in [2.05, 4.69) is 43.5 Å². The van der Waals surface area contributed by atoms with Gasteiger partial charge in [-0.2, -0.15) is 4.98 Å². The van der Waals surface area contributed by atoms with Gasteiger partial charge in [-0.3, -0.25) is 4.79 Å². The molecule has 0 aliphatic carbocycles. The molecule has 6 nitrogen and oxygen atoms in total. The fourth-order valence-electron chi connectivity index (χ4n) is 1.56. The SMILES string of the molecule is CCCNC(=O)CN(C)c1nc(NCCC)ncc1Br. The Hall–Kier alpha value is -1.37.